The first-order valence-corrected chi connectivity index (χ1v) is 8.13. The second-order valence-electron chi connectivity index (χ2n) is 6.05. The molecule has 0 atom stereocenters. The van der Waals surface area contributed by atoms with Crippen LogP contribution < -0.4 is 10.1 Å². The number of methoxy groups -OCH3 is 1. The zero-order chi connectivity index (χ0) is 18.4. The van der Waals surface area contributed by atoms with E-state index in [2.05, 4.69) is 19.2 Å². The number of nitrogens with one attached hydrogen (secondary N) is 1. The van der Waals surface area contributed by atoms with Gasteiger partial charge in [-0.3, -0.25) is 4.79 Å². The largest absolute Gasteiger partial charge is 0.497 e. The van der Waals surface area contributed by atoms with Crippen molar-refractivity contribution in [2.75, 3.05) is 19.0 Å². The fourth-order valence-electron chi connectivity index (χ4n) is 2.46. The van der Waals surface area contributed by atoms with Crippen molar-refractivity contribution in [3.8, 4) is 5.75 Å². The van der Waals surface area contributed by atoms with E-state index in [1.807, 2.05) is 25.1 Å². The predicted molar refractivity (Wildman–Crippen MR) is 97.2 cm³/mol. The number of esters is 1. The molecule has 5 nitrogen and oxygen atoms in total. The molecule has 5 heteroatoms. The summed E-state index contributed by atoms with van der Waals surface area (Å²) in [6.07, 6.45) is 0. The Kier molecular flexibility index (Phi) is 6.17. The summed E-state index contributed by atoms with van der Waals surface area (Å²) in [4.78, 5) is 24.2. The van der Waals surface area contributed by atoms with Crippen LogP contribution in [0.3, 0.4) is 0 Å². The highest BCUT2D eigenvalue weighted by Gasteiger charge is 2.14. The van der Waals surface area contributed by atoms with E-state index in [1.165, 1.54) is 0 Å². The summed E-state index contributed by atoms with van der Waals surface area (Å²) < 4.78 is 10.1. The number of ether oxygens (including phenoxy) is 2. The molecule has 0 aliphatic rings. The third kappa shape index (κ3) is 4.83. The van der Waals surface area contributed by atoms with E-state index in [-0.39, 0.29) is 18.4 Å². The quantitative estimate of drug-likeness (QED) is 0.809. The average Bonchev–Trinajstić information content (AvgIpc) is 2.61. The Balaban J connectivity index is 1.98. The second kappa shape index (κ2) is 8.33. The van der Waals surface area contributed by atoms with E-state index in [0.29, 0.717) is 11.3 Å². The molecule has 0 saturated heterocycles. The molecule has 0 fully saturated rings. The van der Waals surface area contributed by atoms with Crippen molar-refractivity contribution in [3.63, 3.8) is 0 Å². The average molecular weight is 341 g/mol. The molecule has 0 unspecified atom stereocenters. The van der Waals surface area contributed by atoms with Gasteiger partial charge in [0.15, 0.2) is 6.61 Å². The standard InChI is InChI=1S/C20H23NO4/c1-13(2)17-7-5-6-14(3)19(17)21-18(22)12-25-20(23)15-8-10-16(24-4)11-9-15/h5-11,13H,12H2,1-4H3,(H,21,22). The molecule has 1 N–H and O–H groups in total. The molecule has 1 amide bonds. The van der Waals surface area contributed by atoms with Gasteiger partial charge in [-0.2, -0.15) is 0 Å². The van der Waals surface area contributed by atoms with Crippen molar-refractivity contribution < 1.29 is 19.1 Å². The Hall–Kier alpha value is -2.82. The van der Waals surface area contributed by atoms with E-state index >= 15 is 0 Å². The van der Waals surface area contributed by atoms with Crippen LogP contribution in [0.15, 0.2) is 42.5 Å². The number of carbonyl (C=O) groups is 2. The summed E-state index contributed by atoms with van der Waals surface area (Å²) in [6, 6.07) is 12.4. The lowest BCUT2D eigenvalue weighted by atomic mass is 9.98. The van der Waals surface area contributed by atoms with Gasteiger partial charge in [0, 0.05) is 5.69 Å². The molecule has 0 bridgehead atoms. The Bertz CT molecular complexity index is 751. The number of para-hydroxylation sites is 1. The molecule has 2 aromatic rings. The molecule has 0 aromatic heterocycles. The molecule has 0 heterocycles. The fraction of sp³-hybridized carbons (Fsp3) is 0.300. The maximum atomic E-state index is 12.2. The SMILES string of the molecule is COc1ccc(C(=O)OCC(=O)Nc2c(C)cccc2C(C)C)cc1. The van der Waals surface area contributed by atoms with Crippen LogP contribution in [0.4, 0.5) is 5.69 Å². The number of aryl methyl sites for hydroxylation is 1. The van der Waals surface area contributed by atoms with E-state index in [9.17, 15) is 9.59 Å². The van der Waals surface area contributed by atoms with Crippen LogP contribution in [0.1, 0.15) is 41.3 Å². The fourth-order valence-corrected chi connectivity index (χ4v) is 2.46. The zero-order valence-electron chi connectivity index (χ0n) is 15.0. The first-order valence-electron chi connectivity index (χ1n) is 8.13. The van der Waals surface area contributed by atoms with Crippen molar-refractivity contribution in [1.29, 1.82) is 0 Å². The maximum Gasteiger partial charge on any atom is 0.338 e. The van der Waals surface area contributed by atoms with Gasteiger partial charge in [-0.25, -0.2) is 4.79 Å². The van der Waals surface area contributed by atoms with Crippen LogP contribution in [-0.2, 0) is 9.53 Å². The molecule has 0 spiro atoms. The Morgan fingerprint density at radius 1 is 1.08 bits per heavy atom. The summed E-state index contributed by atoms with van der Waals surface area (Å²) >= 11 is 0. The third-order valence-electron chi connectivity index (χ3n) is 3.85. The molecule has 0 saturated carbocycles. The van der Waals surface area contributed by atoms with Gasteiger partial charge in [0.05, 0.1) is 12.7 Å². The normalized spacial score (nSPS) is 10.4. The lowest BCUT2D eigenvalue weighted by Gasteiger charge is -2.16. The smallest absolute Gasteiger partial charge is 0.338 e. The van der Waals surface area contributed by atoms with Gasteiger partial charge in [0.25, 0.3) is 5.91 Å². The van der Waals surface area contributed by atoms with Crippen LogP contribution >= 0.6 is 0 Å². The minimum atomic E-state index is -0.549. The molecule has 132 valence electrons. The lowest BCUT2D eigenvalue weighted by Crippen LogP contribution is -2.22. The molecule has 25 heavy (non-hydrogen) atoms. The molecule has 0 radical (unpaired) electrons. The first-order chi connectivity index (χ1) is 11.9. The summed E-state index contributed by atoms with van der Waals surface area (Å²) in [6.45, 7) is 5.73. The Labute approximate surface area is 148 Å². The number of rotatable bonds is 6. The molecule has 2 aromatic carbocycles. The van der Waals surface area contributed by atoms with Gasteiger partial charge in [-0.1, -0.05) is 32.0 Å². The second-order valence-corrected chi connectivity index (χ2v) is 6.05. The minimum absolute atomic E-state index is 0.275. The highest BCUT2D eigenvalue weighted by molar-refractivity contribution is 5.96. The van der Waals surface area contributed by atoms with Gasteiger partial charge >= 0.3 is 5.97 Å². The van der Waals surface area contributed by atoms with Gasteiger partial charge in [-0.05, 0) is 48.2 Å². The summed E-state index contributed by atoms with van der Waals surface area (Å²) in [7, 11) is 1.55. The minimum Gasteiger partial charge on any atom is -0.497 e. The first kappa shape index (κ1) is 18.5. The molecule has 0 aliphatic carbocycles. The molecule has 0 aliphatic heterocycles. The van der Waals surface area contributed by atoms with Gasteiger partial charge < -0.3 is 14.8 Å². The van der Waals surface area contributed by atoms with E-state index in [1.54, 1.807) is 31.4 Å². The van der Waals surface area contributed by atoms with Gasteiger partial charge in [-0.15, -0.1) is 0 Å². The van der Waals surface area contributed by atoms with Crippen molar-refractivity contribution in [1.82, 2.24) is 0 Å². The van der Waals surface area contributed by atoms with Gasteiger partial charge in [0.2, 0.25) is 0 Å². The van der Waals surface area contributed by atoms with Crippen LogP contribution in [0.5, 0.6) is 5.75 Å². The lowest BCUT2D eigenvalue weighted by molar-refractivity contribution is -0.119. The summed E-state index contributed by atoms with van der Waals surface area (Å²) in [5, 5.41) is 2.85. The molecular weight excluding hydrogens is 318 g/mol. The predicted octanol–water partition coefficient (Wildman–Crippen LogP) is 3.92. The van der Waals surface area contributed by atoms with Crippen molar-refractivity contribution in [3.05, 3.63) is 59.2 Å². The van der Waals surface area contributed by atoms with Crippen LogP contribution in [0, 0.1) is 6.92 Å². The summed E-state index contributed by atoms with van der Waals surface area (Å²) in [5.74, 6) is 0.0110. The summed E-state index contributed by atoms with van der Waals surface area (Å²) in [5.41, 5.74) is 3.17. The number of hydrogen-bond acceptors (Lipinski definition) is 4. The number of hydrogen-bond donors (Lipinski definition) is 1. The van der Waals surface area contributed by atoms with Crippen LogP contribution in [-0.4, -0.2) is 25.6 Å². The van der Waals surface area contributed by atoms with Gasteiger partial charge in [0.1, 0.15) is 5.75 Å². The monoisotopic (exact) mass is 341 g/mol. The number of benzene rings is 2. The highest BCUT2D eigenvalue weighted by Crippen LogP contribution is 2.27. The number of amides is 1. The maximum absolute atomic E-state index is 12.2. The Morgan fingerprint density at radius 2 is 1.76 bits per heavy atom. The number of anilines is 1. The van der Waals surface area contributed by atoms with Crippen molar-refractivity contribution in [2.45, 2.75) is 26.7 Å². The highest BCUT2D eigenvalue weighted by atomic mass is 16.5. The van der Waals surface area contributed by atoms with Crippen molar-refractivity contribution in [2.24, 2.45) is 0 Å². The van der Waals surface area contributed by atoms with E-state index < -0.39 is 5.97 Å². The van der Waals surface area contributed by atoms with Crippen LogP contribution in [0.25, 0.3) is 0 Å². The zero-order valence-corrected chi connectivity index (χ0v) is 15.0. The molecular formula is C20H23NO4. The van der Waals surface area contributed by atoms with E-state index in [0.717, 1.165) is 16.8 Å². The third-order valence-corrected chi connectivity index (χ3v) is 3.85. The topological polar surface area (TPSA) is 64.6 Å². The molecule has 2 rings (SSSR count). The van der Waals surface area contributed by atoms with Crippen LogP contribution in [0.2, 0.25) is 0 Å². The van der Waals surface area contributed by atoms with Crippen molar-refractivity contribution >= 4 is 17.6 Å². The number of carbonyl (C=O) groups excluding carboxylic acids is 2. The van der Waals surface area contributed by atoms with E-state index in [4.69, 9.17) is 9.47 Å². The Morgan fingerprint density at radius 3 is 2.36 bits per heavy atom.